The Balaban J connectivity index is 1.89. The van der Waals surface area contributed by atoms with E-state index < -0.39 is 0 Å². The van der Waals surface area contributed by atoms with Crippen molar-refractivity contribution in [3.63, 3.8) is 0 Å². The van der Waals surface area contributed by atoms with Gasteiger partial charge in [-0.1, -0.05) is 0 Å². The monoisotopic (exact) mass is 248 g/mol. The molecule has 3 N–H and O–H groups in total. The van der Waals surface area contributed by atoms with E-state index in [1.165, 1.54) is 10.7 Å². The van der Waals surface area contributed by atoms with Crippen molar-refractivity contribution in [3.05, 3.63) is 22.9 Å². The number of rotatable bonds is 2. The molecular weight excluding hydrogens is 232 g/mol. The van der Waals surface area contributed by atoms with Crippen LogP contribution in [0.4, 0.5) is 5.82 Å². The summed E-state index contributed by atoms with van der Waals surface area (Å²) < 4.78 is 1.39. The van der Waals surface area contributed by atoms with Crippen LogP contribution in [0.3, 0.4) is 0 Å². The van der Waals surface area contributed by atoms with Gasteiger partial charge in [-0.15, -0.1) is 0 Å². The smallest absolute Gasteiger partial charge is 0.348 e. The third-order valence-electron chi connectivity index (χ3n) is 3.59. The normalized spacial score (nSPS) is 21.7. The number of hydrogen-bond donors (Lipinski definition) is 2. The van der Waals surface area contributed by atoms with Gasteiger partial charge in [0.1, 0.15) is 12.1 Å². The highest BCUT2D eigenvalue weighted by molar-refractivity contribution is 5.50. The van der Waals surface area contributed by atoms with E-state index in [1.54, 1.807) is 0 Å². The average molecular weight is 248 g/mol. The summed E-state index contributed by atoms with van der Waals surface area (Å²) in [5.74, 6) is 1.36. The van der Waals surface area contributed by atoms with Crippen LogP contribution >= 0.6 is 0 Å². The Morgan fingerprint density at radius 1 is 1.61 bits per heavy atom. The molecule has 96 valence electrons. The molecule has 18 heavy (non-hydrogen) atoms. The first kappa shape index (κ1) is 11.2. The van der Waals surface area contributed by atoms with Gasteiger partial charge in [0, 0.05) is 25.2 Å². The van der Waals surface area contributed by atoms with Gasteiger partial charge in [0.2, 0.25) is 0 Å². The number of anilines is 1. The number of fused-ring (bicyclic) bond motifs is 1. The zero-order valence-electron chi connectivity index (χ0n) is 10.2. The molecule has 0 aliphatic carbocycles. The van der Waals surface area contributed by atoms with Gasteiger partial charge in [-0.2, -0.15) is 5.10 Å². The molecule has 2 aromatic rings. The molecule has 3 rings (SSSR count). The van der Waals surface area contributed by atoms with Gasteiger partial charge in [0.15, 0.2) is 5.65 Å². The first-order valence-corrected chi connectivity index (χ1v) is 6.08. The third-order valence-corrected chi connectivity index (χ3v) is 3.59. The van der Waals surface area contributed by atoms with E-state index in [0.717, 1.165) is 25.3 Å². The summed E-state index contributed by atoms with van der Waals surface area (Å²) in [6.07, 6.45) is 2.59. The third kappa shape index (κ3) is 1.76. The zero-order valence-corrected chi connectivity index (χ0v) is 10.2. The molecule has 1 fully saturated rings. The summed E-state index contributed by atoms with van der Waals surface area (Å²) in [5, 5.41) is 6.34. The number of aromatic amines is 1. The average Bonchev–Trinajstić information content (AvgIpc) is 2.96. The predicted octanol–water partition coefficient (Wildman–Crippen LogP) is -0.409. The molecule has 1 aliphatic heterocycles. The fourth-order valence-corrected chi connectivity index (χ4v) is 2.40. The number of H-pyrrole nitrogens is 1. The summed E-state index contributed by atoms with van der Waals surface area (Å²) in [6, 6.07) is 2.02. The lowest BCUT2D eigenvalue weighted by molar-refractivity contribution is 0.488. The number of nitrogens with zero attached hydrogens (tertiary/aromatic N) is 4. The lowest BCUT2D eigenvalue weighted by Crippen LogP contribution is -2.30. The Labute approximate surface area is 104 Å². The minimum Gasteiger partial charge on any atom is -0.356 e. The summed E-state index contributed by atoms with van der Waals surface area (Å²) in [5.41, 5.74) is 6.25. The van der Waals surface area contributed by atoms with E-state index in [4.69, 9.17) is 5.73 Å². The molecule has 3 heterocycles. The number of aromatic nitrogens is 4. The molecule has 2 atom stereocenters. The molecule has 0 aromatic carbocycles. The van der Waals surface area contributed by atoms with Crippen LogP contribution in [0.1, 0.15) is 13.3 Å². The molecule has 0 spiro atoms. The second kappa shape index (κ2) is 4.09. The maximum atomic E-state index is 11.3. The van der Waals surface area contributed by atoms with E-state index in [2.05, 4.69) is 20.1 Å². The second-order valence-corrected chi connectivity index (χ2v) is 4.86. The van der Waals surface area contributed by atoms with E-state index in [9.17, 15) is 4.79 Å². The van der Waals surface area contributed by atoms with Gasteiger partial charge in [0.05, 0.1) is 0 Å². The van der Waals surface area contributed by atoms with Gasteiger partial charge in [0.25, 0.3) is 0 Å². The SMILES string of the molecule is CC(N)C1CCN(c2cc3n[nH]c(=O)n3cn2)C1. The first-order valence-electron chi connectivity index (χ1n) is 6.08. The van der Waals surface area contributed by atoms with Gasteiger partial charge in [-0.25, -0.2) is 19.3 Å². The molecule has 1 aliphatic rings. The minimum absolute atomic E-state index is 0.201. The van der Waals surface area contributed by atoms with Crippen molar-refractivity contribution in [3.8, 4) is 0 Å². The van der Waals surface area contributed by atoms with Crippen LogP contribution in [0.25, 0.3) is 5.65 Å². The zero-order chi connectivity index (χ0) is 12.7. The highest BCUT2D eigenvalue weighted by atomic mass is 16.1. The van der Waals surface area contributed by atoms with Gasteiger partial charge in [-0.05, 0) is 19.3 Å². The van der Waals surface area contributed by atoms with Crippen LogP contribution < -0.4 is 16.3 Å². The number of nitrogens with two attached hydrogens (primary N) is 1. The molecule has 7 heteroatoms. The number of hydrogen-bond acceptors (Lipinski definition) is 5. The minimum atomic E-state index is -0.265. The van der Waals surface area contributed by atoms with Crippen molar-refractivity contribution >= 4 is 11.5 Å². The lowest BCUT2D eigenvalue weighted by atomic mass is 10.0. The van der Waals surface area contributed by atoms with Crippen LogP contribution in [-0.2, 0) is 0 Å². The Morgan fingerprint density at radius 3 is 3.17 bits per heavy atom. The molecular formula is C11H16N6O. The van der Waals surface area contributed by atoms with Crippen molar-refractivity contribution in [2.45, 2.75) is 19.4 Å². The molecule has 0 saturated carbocycles. The Morgan fingerprint density at radius 2 is 2.44 bits per heavy atom. The van der Waals surface area contributed by atoms with Crippen molar-refractivity contribution in [1.82, 2.24) is 19.6 Å². The molecule has 0 amide bonds. The molecule has 0 bridgehead atoms. The molecule has 2 unspecified atom stereocenters. The van der Waals surface area contributed by atoms with E-state index >= 15 is 0 Å². The van der Waals surface area contributed by atoms with Crippen LogP contribution in [0.5, 0.6) is 0 Å². The predicted molar refractivity (Wildman–Crippen MR) is 67.6 cm³/mol. The summed E-state index contributed by atoms with van der Waals surface area (Å²) in [6.45, 7) is 3.90. The molecule has 2 aromatic heterocycles. The molecule has 7 nitrogen and oxygen atoms in total. The van der Waals surface area contributed by atoms with Gasteiger partial charge >= 0.3 is 5.69 Å². The maximum absolute atomic E-state index is 11.3. The van der Waals surface area contributed by atoms with E-state index in [1.807, 2.05) is 13.0 Å². The van der Waals surface area contributed by atoms with Crippen molar-refractivity contribution in [2.24, 2.45) is 11.7 Å². The van der Waals surface area contributed by atoms with E-state index in [-0.39, 0.29) is 11.7 Å². The summed E-state index contributed by atoms with van der Waals surface area (Å²) in [4.78, 5) is 17.8. The Hall–Kier alpha value is -1.89. The summed E-state index contributed by atoms with van der Waals surface area (Å²) in [7, 11) is 0. The lowest BCUT2D eigenvalue weighted by Gasteiger charge is -2.18. The largest absolute Gasteiger partial charge is 0.356 e. The maximum Gasteiger partial charge on any atom is 0.348 e. The van der Waals surface area contributed by atoms with Crippen LogP contribution in [0, 0.1) is 5.92 Å². The highest BCUT2D eigenvalue weighted by Crippen LogP contribution is 2.23. The topological polar surface area (TPSA) is 92.3 Å². The van der Waals surface area contributed by atoms with Gasteiger partial charge < -0.3 is 10.6 Å². The quantitative estimate of drug-likeness (QED) is 0.754. The fourth-order valence-electron chi connectivity index (χ4n) is 2.40. The highest BCUT2D eigenvalue weighted by Gasteiger charge is 2.26. The van der Waals surface area contributed by atoms with Crippen molar-refractivity contribution < 1.29 is 0 Å². The van der Waals surface area contributed by atoms with Crippen LogP contribution in [-0.4, -0.2) is 38.7 Å². The van der Waals surface area contributed by atoms with Crippen LogP contribution in [0.2, 0.25) is 0 Å². The van der Waals surface area contributed by atoms with Crippen molar-refractivity contribution in [1.29, 1.82) is 0 Å². The Kier molecular flexibility index (Phi) is 2.55. The second-order valence-electron chi connectivity index (χ2n) is 4.86. The Bertz CT molecular complexity index is 615. The van der Waals surface area contributed by atoms with Crippen molar-refractivity contribution in [2.75, 3.05) is 18.0 Å². The number of nitrogens with one attached hydrogen (secondary N) is 1. The van der Waals surface area contributed by atoms with Crippen LogP contribution in [0.15, 0.2) is 17.2 Å². The summed E-state index contributed by atoms with van der Waals surface area (Å²) >= 11 is 0. The standard InChI is InChI=1S/C11H16N6O/c1-7(12)8-2-3-16(5-8)9-4-10-14-15-11(18)17(10)6-13-9/h4,6-8H,2-3,5,12H2,1H3,(H,15,18). The first-order chi connectivity index (χ1) is 8.65. The van der Waals surface area contributed by atoms with E-state index in [0.29, 0.717) is 11.6 Å². The van der Waals surface area contributed by atoms with Gasteiger partial charge in [-0.3, -0.25) is 0 Å². The molecule has 1 saturated heterocycles. The fraction of sp³-hybridized carbons (Fsp3) is 0.545. The molecule has 0 radical (unpaired) electrons.